The van der Waals surface area contributed by atoms with Gasteiger partial charge in [-0.3, -0.25) is 0 Å². The Kier molecular flexibility index (Phi) is 4.39. The van der Waals surface area contributed by atoms with Gasteiger partial charge >= 0.3 is 0 Å². The molecule has 0 radical (unpaired) electrons. The summed E-state index contributed by atoms with van der Waals surface area (Å²) in [5.74, 6) is 0.657. The lowest BCUT2D eigenvalue weighted by Gasteiger charge is -2.14. The van der Waals surface area contributed by atoms with E-state index in [0.717, 1.165) is 6.42 Å². The molecule has 0 saturated carbocycles. The summed E-state index contributed by atoms with van der Waals surface area (Å²) in [6.45, 7) is 4.56. The normalized spacial score (nSPS) is 10.9. The molecule has 0 heterocycles. The highest BCUT2D eigenvalue weighted by atomic mass is 14.1. The van der Waals surface area contributed by atoms with Gasteiger partial charge in [-0.25, -0.2) is 0 Å². The second kappa shape index (κ2) is 6.62. The predicted octanol–water partition coefficient (Wildman–Crippen LogP) is 6.22. The van der Waals surface area contributed by atoms with Crippen LogP contribution in [-0.4, -0.2) is 0 Å². The van der Waals surface area contributed by atoms with Gasteiger partial charge in [0.1, 0.15) is 0 Å². The number of hydrogen-bond donors (Lipinski definition) is 0. The summed E-state index contributed by atoms with van der Waals surface area (Å²) in [5.41, 5.74) is 6.65. The van der Waals surface area contributed by atoms with Crippen molar-refractivity contribution in [2.24, 2.45) is 5.92 Å². The summed E-state index contributed by atoms with van der Waals surface area (Å²) in [4.78, 5) is 0. The standard InChI is InChI=1S/C22H22/c1-17(2)15-21-14-13-20(18-9-5-3-6-10-18)16-22(21)19-11-7-4-8-12-19/h3-14,16-17H,15H2,1-2H3. The second-order valence-electron chi connectivity index (χ2n) is 6.20. The van der Waals surface area contributed by atoms with E-state index in [9.17, 15) is 0 Å². The predicted molar refractivity (Wildman–Crippen MR) is 95.9 cm³/mol. The number of rotatable bonds is 4. The van der Waals surface area contributed by atoms with E-state index in [0.29, 0.717) is 5.92 Å². The average Bonchev–Trinajstić information content (AvgIpc) is 2.56. The van der Waals surface area contributed by atoms with E-state index < -0.39 is 0 Å². The molecule has 0 saturated heterocycles. The molecule has 0 heteroatoms. The van der Waals surface area contributed by atoms with E-state index in [-0.39, 0.29) is 0 Å². The van der Waals surface area contributed by atoms with E-state index in [1.807, 2.05) is 0 Å². The molecule has 22 heavy (non-hydrogen) atoms. The highest BCUT2D eigenvalue weighted by Gasteiger charge is 2.09. The van der Waals surface area contributed by atoms with Gasteiger partial charge in [0.05, 0.1) is 0 Å². The average molecular weight is 286 g/mol. The highest BCUT2D eigenvalue weighted by molar-refractivity contribution is 5.75. The van der Waals surface area contributed by atoms with Gasteiger partial charge in [-0.2, -0.15) is 0 Å². The lowest BCUT2D eigenvalue weighted by atomic mass is 9.90. The van der Waals surface area contributed by atoms with Crippen molar-refractivity contribution in [1.29, 1.82) is 0 Å². The SMILES string of the molecule is CC(C)Cc1ccc(-c2ccccc2)cc1-c1ccccc1. The van der Waals surface area contributed by atoms with Crippen molar-refractivity contribution in [3.05, 3.63) is 84.4 Å². The third-order valence-corrected chi connectivity index (χ3v) is 3.93. The lowest BCUT2D eigenvalue weighted by molar-refractivity contribution is 0.648. The van der Waals surface area contributed by atoms with E-state index >= 15 is 0 Å². The molecule has 0 aliphatic heterocycles. The van der Waals surface area contributed by atoms with Crippen molar-refractivity contribution in [1.82, 2.24) is 0 Å². The summed E-state index contributed by atoms with van der Waals surface area (Å²) in [6, 6.07) is 28.2. The van der Waals surface area contributed by atoms with Gasteiger partial charge in [-0.15, -0.1) is 0 Å². The van der Waals surface area contributed by atoms with Crippen LogP contribution in [0.5, 0.6) is 0 Å². The quantitative estimate of drug-likeness (QED) is 0.534. The molecule has 0 amide bonds. The monoisotopic (exact) mass is 286 g/mol. The van der Waals surface area contributed by atoms with Crippen LogP contribution >= 0.6 is 0 Å². The third kappa shape index (κ3) is 3.28. The summed E-state index contributed by atoms with van der Waals surface area (Å²) in [7, 11) is 0. The molecule has 0 fully saturated rings. The van der Waals surface area contributed by atoms with Gasteiger partial charge in [-0.1, -0.05) is 86.6 Å². The molecule has 0 bridgehead atoms. The Bertz CT molecular complexity index is 725. The molecular formula is C22H22. The molecular weight excluding hydrogens is 264 g/mol. The van der Waals surface area contributed by atoms with Crippen LogP contribution in [0.1, 0.15) is 19.4 Å². The first-order valence-corrected chi connectivity index (χ1v) is 7.98. The third-order valence-electron chi connectivity index (χ3n) is 3.93. The topological polar surface area (TPSA) is 0 Å². The largest absolute Gasteiger partial charge is 0.0625 e. The maximum absolute atomic E-state index is 2.34. The zero-order valence-electron chi connectivity index (χ0n) is 13.3. The van der Waals surface area contributed by atoms with Crippen LogP contribution in [0.25, 0.3) is 22.3 Å². The van der Waals surface area contributed by atoms with Crippen molar-refractivity contribution in [2.75, 3.05) is 0 Å². The maximum atomic E-state index is 2.34. The second-order valence-corrected chi connectivity index (χ2v) is 6.20. The van der Waals surface area contributed by atoms with Crippen LogP contribution in [0.15, 0.2) is 78.9 Å². The van der Waals surface area contributed by atoms with Gasteiger partial charge in [0, 0.05) is 0 Å². The summed E-state index contributed by atoms with van der Waals surface area (Å²) < 4.78 is 0. The van der Waals surface area contributed by atoms with Gasteiger partial charge < -0.3 is 0 Å². The maximum Gasteiger partial charge on any atom is -0.0146 e. The molecule has 0 atom stereocenters. The van der Waals surface area contributed by atoms with Crippen molar-refractivity contribution in [2.45, 2.75) is 20.3 Å². The molecule has 3 aromatic rings. The Hall–Kier alpha value is -2.34. The lowest BCUT2D eigenvalue weighted by Crippen LogP contribution is -1.97. The fourth-order valence-corrected chi connectivity index (χ4v) is 2.89. The zero-order chi connectivity index (χ0) is 15.4. The molecule has 0 unspecified atom stereocenters. The number of hydrogen-bond acceptors (Lipinski definition) is 0. The Morgan fingerprint density at radius 2 is 1.23 bits per heavy atom. The summed E-state index contributed by atoms with van der Waals surface area (Å²) >= 11 is 0. The molecule has 0 aliphatic rings. The fraction of sp³-hybridized carbons (Fsp3) is 0.182. The van der Waals surface area contributed by atoms with Crippen molar-refractivity contribution in [3.8, 4) is 22.3 Å². The van der Waals surface area contributed by atoms with Crippen LogP contribution in [0, 0.1) is 5.92 Å². The number of benzene rings is 3. The Balaban J connectivity index is 2.10. The molecule has 3 rings (SSSR count). The Morgan fingerprint density at radius 1 is 0.636 bits per heavy atom. The Labute approximate surface area is 133 Å². The van der Waals surface area contributed by atoms with Gasteiger partial charge in [0.2, 0.25) is 0 Å². The highest BCUT2D eigenvalue weighted by Crippen LogP contribution is 2.31. The molecule has 0 aliphatic carbocycles. The van der Waals surface area contributed by atoms with Crippen molar-refractivity contribution >= 4 is 0 Å². The minimum absolute atomic E-state index is 0.657. The first kappa shape index (κ1) is 14.6. The van der Waals surface area contributed by atoms with E-state index in [4.69, 9.17) is 0 Å². The van der Waals surface area contributed by atoms with Gasteiger partial charge in [-0.05, 0) is 46.2 Å². The summed E-state index contributed by atoms with van der Waals surface area (Å²) in [5, 5.41) is 0. The molecule has 3 aromatic carbocycles. The Morgan fingerprint density at radius 3 is 1.82 bits per heavy atom. The van der Waals surface area contributed by atoms with Crippen molar-refractivity contribution < 1.29 is 0 Å². The first-order valence-electron chi connectivity index (χ1n) is 7.98. The molecule has 0 nitrogen and oxygen atoms in total. The van der Waals surface area contributed by atoms with Gasteiger partial charge in [0.15, 0.2) is 0 Å². The van der Waals surface area contributed by atoms with E-state index in [1.54, 1.807) is 0 Å². The van der Waals surface area contributed by atoms with Crippen LogP contribution in [-0.2, 0) is 6.42 Å². The smallest absolute Gasteiger partial charge is 0.0146 e. The minimum Gasteiger partial charge on any atom is -0.0625 e. The van der Waals surface area contributed by atoms with Gasteiger partial charge in [0.25, 0.3) is 0 Å². The summed E-state index contributed by atoms with van der Waals surface area (Å²) in [6.07, 6.45) is 1.11. The minimum atomic E-state index is 0.657. The zero-order valence-corrected chi connectivity index (χ0v) is 13.3. The first-order chi connectivity index (χ1) is 10.7. The fourth-order valence-electron chi connectivity index (χ4n) is 2.89. The van der Waals surface area contributed by atoms with Crippen LogP contribution < -0.4 is 0 Å². The molecule has 110 valence electrons. The van der Waals surface area contributed by atoms with Crippen LogP contribution in [0.2, 0.25) is 0 Å². The molecule has 0 spiro atoms. The molecule has 0 N–H and O–H groups in total. The van der Waals surface area contributed by atoms with Crippen LogP contribution in [0.4, 0.5) is 0 Å². The van der Waals surface area contributed by atoms with E-state index in [1.165, 1.54) is 27.8 Å². The van der Waals surface area contributed by atoms with Crippen molar-refractivity contribution in [3.63, 3.8) is 0 Å². The van der Waals surface area contributed by atoms with Crippen LogP contribution in [0.3, 0.4) is 0 Å². The molecule has 0 aromatic heterocycles. The van der Waals surface area contributed by atoms with E-state index in [2.05, 4.69) is 92.7 Å².